The van der Waals surface area contributed by atoms with Crippen molar-refractivity contribution in [2.24, 2.45) is 0 Å². The fraction of sp³-hybridized carbons (Fsp3) is 0.273. The van der Waals surface area contributed by atoms with Crippen molar-refractivity contribution in [1.29, 1.82) is 0 Å². The average Bonchev–Trinajstić information content (AvgIpc) is 2.67. The number of anilines is 1. The molecule has 3 heterocycles. The van der Waals surface area contributed by atoms with E-state index in [4.69, 9.17) is 0 Å². The molecule has 0 aromatic carbocycles. The number of rotatable bonds is 4. The van der Waals surface area contributed by atoms with Crippen LogP contribution in [0.3, 0.4) is 0 Å². The second-order valence-corrected chi connectivity index (χ2v) is 7.81. The number of aromatic nitrogens is 4. The molecule has 0 saturated carbocycles. The van der Waals surface area contributed by atoms with E-state index in [2.05, 4.69) is 36.5 Å². The lowest BCUT2D eigenvalue weighted by Crippen LogP contribution is -2.11. The molecule has 0 saturated heterocycles. The molecular weight excluding hydrogens is 382 g/mol. The highest BCUT2D eigenvalue weighted by atomic mass is 32.2. The first kappa shape index (κ1) is 20.8. The predicted molar refractivity (Wildman–Crippen MR) is 117 cm³/mol. The molecule has 0 aliphatic rings. The highest BCUT2D eigenvalue weighted by Gasteiger charge is 2.12. The zero-order chi connectivity index (χ0) is 21.0. The van der Waals surface area contributed by atoms with Crippen molar-refractivity contribution >= 4 is 17.0 Å². The van der Waals surface area contributed by atoms with Gasteiger partial charge in [-0.15, -0.1) is 0 Å². The van der Waals surface area contributed by atoms with Gasteiger partial charge in [0, 0.05) is 28.7 Å². The molecule has 0 fully saturated rings. The van der Waals surface area contributed by atoms with Crippen LogP contribution in [0, 0.1) is 32.6 Å². The van der Waals surface area contributed by atoms with Gasteiger partial charge in [0.2, 0.25) is 0 Å². The Kier molecular flexibility index (Phi) is 6.47. The van der Waals surface area contributed by atoms with Gasteiger partial charge in [0.15, 0.2) is 0 Å². The summed E-state index contributed by atoms with van der Waals surface area (Å²) in [6.07, 6.45) is 5.62. The molecule has 3 aromatic rings. The van der Waals surface area contributed by atoms with Crippen molar-refractivity contribution in [3.8, 4) is 23.1 Å². The summed E-state index contributed by atoms with van der Waals surface area (Å²) in [5.74, 6) is 6.42. The van der Waals surface area contributed by atoms with Crippen LogP contribution in [-0.2, 0) is 17.8 Å². The lowest BCUT2D eigenvalue weighted by molar-refractivity contribution is 0.605. The van der Waals surface area contributed by atoms with Crippen LogP contribution in [-0.4, -0.2) is 30.7 Å². The number of hydrogen-bond acceptors (Lipinski definition) is 6. The van der Waals surface area contributed by atoms with E-state index in [9.17, 15) is 4.55 Å². The van der Waals surface area contributed by atoms with E-state index in [-0.39, 0.29) is 0 Å². The van der Waals surface area contributed by atoms with Crippen LogP contribution in [0.25, 0.3) is 11.3 Å². The van der Waals surface area contributed by atoms with Gasteiger partial charge in [-0.1, -0.05) is 18.8 Å². The molecule has 3 aromatic heterocycles. The summed E-state index contributed by atoms with van der Waals surface area (Å²) in [7, 11) is 0. The average molecular weight is 406 g/mol. The highest BCUT2D eigenvalue weighted by Crippen LogP contribution is 2.24. The van der Waals surface area contributed by atoms with E-state index < -0.39 is 11.4 Å². The molecule has 0 radical (unpaired) electrons. The third kappa shape index (κ3) is 5.11. The minimum absolute atomic E-state index is 0.707. The zero-order valence-corrected chi connectivity index (χ0v) is 18.0. The molecular formula is C22H23N5OS. The van der Waals surface area contributed by atoms with Crippen LogP contribution in [0.2, 0.25) is 0 Å². The van der Waals surface area contributed by atoms with E-state index in [0.717, 1.165) is 51.6 Å². The zero-order valence-electron chi connectivity index (χ0n) is 17.2. The Morgan fingerprint density at radius 2 is 1.76 bits per heavy atom. The molecule has 6 nitrogen and oxygen atoms in total. The molecule has 29 heavy (non-hydrogen) atoms. The maximum absolute atomic E-state index is 11.5. The summed E-state index contributed by atoms with van der Waals surface area (Å²) in [5, 5.41) is 0. The van der Waals surface area contributed by atoms with Crippen LogP contribution < -0.4 is 4.72 Å². The monoisotopic (exact) mass is 405 g/mol. The van der Waals surface area contributed by atoms with Crippen LogP contribution in [0.5, 0.6) is 0 Å². The molecule has 1 atom stereocenters. The lowest BCUT2D eigenvalue weighted by atomic mass is 10.0. The maximum Gasteiger partial charge on any atom is 0.121 e. The van der Waals surface area contributed by atoms with Gasteiger partial charge in [-0.2, -0.15) is 0 Å². The first-order valence-corrected chi connectivity index (χ1v) is 10.8. The number of nitrogens with zero attached hydrogens (tertiary/aromatic N) is 4. The Bertz CT molecular complexity index is 1080. The van der Waals surface area contributed by atoms with Crippen molar-refractivity contribution in [1.82, 2.24) is 19.9 Å². The highest BCUT2D eigenvalue weighted by molar-refractivity contribution is 7.92. The number of nitrogens with one attached hydrogen (secondary N) is 1. The molecule has 1 N–H and O–H groups in total. The molecule has 7 heteroatoms. The molecule has 0 amide bonds. The summed E-state index contributed by atoms with van der Waals surface area (Å²) >= 11 is -1.18. The molecule has 0 spiro atoms. The third-order valence-electron chi connectivity index (χ3n) is 4.29. The van der Waals surface area contributed by atoms with Crippen molar-refractivity contribution < 1.29 is 4.55 Å². The number of aryl methyl sites for hydroxylation is 4. The fourth-order valence-electron chi connectivity index (χ4n) is 3.01. The SMILES string of the molecule is CCc1ncnc(-c2cc(C)nc(C)c2)c1C#Cc1cnc(C)c(N[S@@+](C)[O-])c1. The van der Waals surface area contributed by atoms with Gasteiger partial charge in [0.1, 0.15) is 18.3 Å². The van der Waals surface area contributed by atoms with Crippen molar-refractivity contribution in [2.45, 2.75) is 34.1 Å². The van der Waals surface area contributed by atoms with E-state index in [0.29, 0.717) is 5.69 Å². The van der Waals surface area contributed by atoms with Crippen molar-refractivity contribution in [2.75, 3.05) is 11.0 Å². The second kappa shape index (κ2) is 9.03. The molecule has 0 unspecified atom stereocenters. The maximum atomic E-state index is 11.5. The first-order chi connectivity index (χ1) is 13.9. The molecule has 0 bridgehead atoms. The third-order valence-corrected chi connectivity index (χ3v) is 4.80. The topological polar surface area (TPSA) is 86.7 Å². The quantitative estimate of drug-likeness (QED) is 0.528. The summed E-state index contributed by atoms with van der Waals surface area (Å²) in [4.78, 5) is 17.7. The Balaban J connectivity index is 2.09. The summed E-state index contributed by atoms with van der Waals surface area (Å²) < 4.78 is 14.4. The van der Waals surface area contributed by atoms with Gasteiger partial charge in [-0.05, 0) is 45.4 Å². The smallest absolute Gasteiger partial charge is 0.121 e. The first-order valence-electron chi connectivity index (χ1n) is 9.25. The fourth-order valence-corrected chi connectivity index (χ4v) is 3.52. The number of pyridine rings is 2. The largest absolute Gasteiger partial charge is 0.593 e. The molecule has 3 rings (SSSR count). The second-order valence-electron chi connectivity index (χ2n) is 6.70. The predicted octanol–water partition coefficient (Wildman–Crippen LogP) is 3.53. The normalized spacial score (nSPS) is 11.5. The van der Waals surface area contributed by atoms with Gasteiger partial charge < -0.3 is 4.55 Å². The van der Waals surface area contributed by atoms with Crippen LogP contribution in [0.4, 0.5) is 5.69 Å². The standard InChI is InChI=1S/C22H23N5OS/c1-6-20-19(8-7-17-11-21(27-29(5)28)16(4)23-12-17)22(25-13-24-20)18-9-14(2)26-15(3)10-18/h9-13,27H,6H2,1-5H3/t29-/m1/s1. The Morgan fingerprint density at radius 1 is 1.03 bits per heavy atom. The van der Waals surface area contributed by atoms with Gasteiger partial charge in [0.05, 0.1) is 34.0 Å². The van der Waals surface area contributed by atoms with E-state index >= 15 is 0 Å². The van der Waals surface area contributed by atoms with E-state index in [1.807, 2.05) is 45.9 Å². The summed E-state index contributed by atoms with van der Waals surface area (Å²) in [6, 6.07) is 5.87. The molecule has 0 aliphatic carbocycles. The van der Waals surface area contributed by atoms with Crippen LogP contribution in [0.15, 0.2) is 30.7 Å². The van der Waals surface area contributed by atoms with Crippen molar-refractivity contribution in [3.05, 3.63) is 64.6 Å². The minimum atomic E-state index is -1.18. The van der Waals surface area contributed by atoms with Gasteiger partial charge in [0.25, 0.3) is 0 Å². The Labute approximate surface area is 174 Å². The van der Waals surface area contributed by atoms with Gasteiger partial charge >= 0.3 is 0 Å². The molecule has 148 valence electrons. The minimum Gasteiger partial charge on any atom is -0.593 e. The van der Waals surface area contributed by atoms with Crippen molar-refractivity contribution in [3.63, 3.8) is 0 Å². The Hall–Kier alpha value is -2.95. The van der Waals surface area contributed by atoms with Gasteiger partial charge in [-0.25, -0.2) is 14.7 Å². The molecule has 0 aliphatic heterocycles. The van der Waals surface area contributed by atoms with Crippen LogP contribution >= 0.6 is 0 Å². The van der Waals surface area contributed by atoms with E-state index in [1.165, 1.54) is 0 Å². The van der Waals surface area contributed by atoms with E-state index in [1.54, 1.807) is 18.8 Å². The summed E-state index contributed by atoms with van der Waals surface area (Å²) in [6.45, 7) is 7.84. The number of hydrogen-bond donors (Lipinski definition) is 1. The summed E-state index contributed by atoms with van der Waals surface area (Å²) in [5.41, 5.74) is 7.53. The van der Waals surface area contributed by atoms with Crippen LogP contribution in [0.1, 0.15) is 40.8 Å². The Morgan fingerprint density at radius 3 is 2.41 bits per heavy atom. The lowest BCUT2D eigenvalue weighted by Gasteiger charge is -2.10. The van der Waals surface area contributed by atoms with Gasteiger partial charge in [-0.3, -0.25) is 9.97 Å².